The molecule has 1 saturated carbocycles. The molecule has 1 amide bonds. The van der Waals surface area contributed by atoms with Crippen LogP contribution in [0.1, 0.15) is 52.7 Å². The summed E-state index contributed by atoms with van der Waals surface area (Å²) in [6.45, 7) is 1.63. The third-order valence-electron chi connectivity index (χ3n) is 8.09. The summed E-state index contributed by atoms with van der Waals surface area (Å²) in [4.78, 5) is 23.2. The Balaban J connectivity index is 1.53. The SMILES string of the molecule is COc1cc(C(=O)NC2CCC(N(C)C)CC2)ccc1Nc1ncc(C(F)(F)F)c(NCc2ccc(C)cc2N(C)S(C)(=O)=O)n1. The molecule has 0 aliphatic heterocycles. The van der Waals surface area contributed by atoms with E-state index in [4.69, 9.17) is 4.74 Å². The number of hydrogen-bond donors (Lipinski definition) is 3. The molecule has 1 aromatic heterocycles. The molecule has 1 aliphatic rings. The molecule has 2 aromatic carbocycles. The third kappa shape index (κ3) is 8.57. The molecule has 46 heavy (non-hydrogen) atoms. The number of alkyl halides is 3. The van der Waals surface area contributed by atoms with Crippen molar-refractivity contribution in [3.05, 3.63) is 64.8 Å². The van der Waals surface area contributed by atoms with E-state index in [9.17, 15) is 26.4 Å². The number of halogens is 3. The molecule has 1 aliphatic carbocycles. The van der Waals surface area contributed by atoms with E-state index in [2.05, 4.69) is 44.9 Å². The molecule has 250 valence electrons. The number of aryl methyl sites for hydroxylation is 1. The van der Waals surface area contributed by atoms with Gasteiger partial charge in [-0.1, -0.05) is 12.1 Å². The van der Waals surface area contributed by atoms with E-state index in [1.165, 1.54) is 14.2 Å². The summed E-state index contributed by atoms with van der Waals surface area (Å²) in [6, 6.07) is 10.3. The fourth-order valence-corrected chi connectivity index (χ4v) is 5.85. The summed E-state index contributed by atoms with van der Waals surface area (Å²) in [6.07, 6.45) is 0.699. The highest BCUT2D eigenvalue weighted by Gasteiger charge is 2.35. The zero-order valence-electron chi connectivity index (χ0n) is 26.7. The van der Waals surface area contributed by atoms with Crippen LogP contribution in [0.4, 0.5) is 36.3 Å². The molecule has 1 fully saturated rings. The summed E-state index contributed by atoms with van der Waals surface area (Å²) in [5.41, 5.74) is 1.17. The highest BCUT2D eigenvalue weighted by Crippen LogP contribution is 2.36. The number of carbonyl (C=O) groups excluding carboxylic acids is 1. The average molecular weight is 664 g/mol. The highest BCUT2D eigenvalue weighted by molar-refractivity contribution is 7.92. The van der Waals surface area contributed by atoms with E-state index in [1.807, 2.05) is 0 Å². The Morgan fingerprint density at radius 3 is 2.37 bits per heavy atom. The third-order valence-corrected chi connectivity index (χ3v) is 9.28. The van der Waals surface area contributed by atoms with Crippen molar-refractivity contribution in [2.75, 3.05) is 49.4 Å². The van der Waals surface area contributed by atoms with Gasteiger partial charge in [-0.15, -0.1) is 0 Å². The first kappa shape index (κ1) is 34.8. The first-order chi connectivity index (χ1) is 21.6. The molecule has 0 saturated heterocycles. The van der Waals surface area contributed by atoms with Crippen molar-refractivity contribution in [2.45, 2.75) is 57.4 Å². The molecule has 3 aromatic rings. The molecule has 11 nitrogen and oxygen atoms in total. The number of nitrogens with one attached hydrogen (secondary N) is 3. The van der Waals surface area contributed by atoms with E-state index in [0.717, 1.165) is 41.8 Å². The van der Waals surface area contributed by atoms with E-state index in [-0.39, 0.29) is 30.2 Å². The van der Waals surface area contributed by atoms with Crippen molar-refractivity contribution in [1.82, 2.24) is 20.2 Å². The topological polar surface area (TPSA) is 129 Å². The number of amides is 1. The number of anilines is 4. The second-order valence-electron chi connectivity index (χ2n) is 11.7. The summed E-state index contributed by atoms with van der Waals surface area (Å²) >= 11 is 0. The number of rotatable bonds is 11. The predicted molar refractivity (Wildman–Crippen MR) is 172 cm³/mol. The van der Waals surface area contributed by atoms with Crippen LogP contribution in [0.15, 0.2) is 42.6 Å². The maximum absolute atomic E-state index is 13.9. The lowest BCUT2D eigenvalue weighted by Gasteiger charge is -2.33. The maximum Gasteiger partial charge on any atom is 0.421 e. The van der Waals surface area contributed by atoms with Gasteiger partial charge in [0.2, 0.25) is 16.0 Å². The highest BCUT2D eigenvalue weighted by atomic mass is 32.2. The minimum atomic E-state index is -4.76. The van der Waals surface area contributed by atoms with Crippen LogP contribution in [0.3, 0.4) is 0 Å². The average Bonchev–Trinajstić information content (AvgIpc) is 2.99. The van der Waals surface area contributed by atoms with Crippen molar-refractivity contribution >= 4 is 39.1 Å². The van der Waals surface area contributed by atoms with Gasteiger partial charge in [-0.05, 0) is 82.1 Å². The lowest BCUT2D eigenvalue weighted by atomic mass is 9.90. The summed E-state index contributed by atoms with van der Waals surface area (Å²) < 4.78 is 72.7. The summed E-state index contributed by atoms with van der Waals surface area (Å²) in [7, 11) is 3.28. The van der Waals surface area contributed by atoms with Crippen LogP contribution in [-0.4, -0.2) is 75.8 Å². The number of ether oxygens (including phenoxy) is 1. The number of nitrogens with zero attached hydrogens (tertiary/aromatic N) is 4. The van der Waals surface area contributed by atoms with Gasteiger partial charge in [0.05, 0.1) is 24.7 Å². The zero-order valence-corrected chi connectivity index (χ0v) is 27.5. The second-order valence-corrected chi connectivity index (χ2v) is 13.7. The minimum Gasteiger partial charge on any atom is -0.495 e. The van der Waals surface area contributed by atoms with E-state index in [0.29, 0.717) is 34.7 Å². The molecule has 0 spiro atoms. The van der Waals surface area contributed by atoms with Gasteiger partial charge in [-0.3, -0.25) is 9.10 Å². The van der Waals surface area contributed by atoms with Gasteiger partial charge in [-0.2, -0.15) is 18.2 Å². The minimum absolute atomic E-state index is 0.0710. The van der Waals surface area contributed by atoms with Gasteiger partial charge in [0, 0.05) is 37.4 Å². The zero-order chi connectivity index (χ0) is 33.8. The lowest BCUT2D eigenvalue weighted by molar-refractivity contribution is -0.137. The first-order valence-electron chi connectivity index (χ1n) is 14.7. The van der Waals surface area contributed by atoms with Crippen LogP contribution >= 0.6 is 0 Å². The van der Waals surface area contributed by atoms with Crippen molar-refractivity contribution < 1.29 is 31.1 Å². The molecule has 3 N–H and O–H groups in total. The Labute approximate surface area is 267 Å². The Morgan fingerprint density at radius 2 is 1.76 bits per heavy atom. The summed E-state index contributed by atoms with van der Waals surface area (Å²) in [5.74, 6) is -0.624. The summed E-state index contributed by atoms with van der Waals surface area (Å²) in [5, 5.41) is 8.67. The fourth-order valence-electron chi connectivity index (χ4n) is 5.32. The first-order valence-corrected chi connectivity index (χ1v) is 16.6. The van der Waals surface area contributed by atoms with Crippen LogP contribution in [0.2, 0.25) is 0 Å². The number of aromatic nitrogens is 2. The van der Waals surface area contributed by atoms with E-state index in [1.54, 1.807) is 43.3 Å². The quantitative estimate of drug-likeness (QED) is 0.255. The second kappa shape index (κ2) is 14.1. The standard InChI is InChI=1S/C31H40F3N7O4S/c1-19-7-8-21(26(15-19)41(4)46(6,43)44)17-35-28-24(31(32,33)34)18-36-30(39-28)38-25-14-9-20(16-27(25)45-5)29(42)37-22-10-12-23(13-11-22)40(2)3/h7-9,14-16,18,22-23H,10-13,17H2,1-6H3,(H,37,42)(H2,35,36,38,39). The number of carbonyl (C=O) groups is 1. The van der Waals surface area contributed by atoms with Crippen LogP contribution in [0.5, 0.6) is 5.75 Å². The number of methoxy groups -OCH3 is 1. The molecule has 1 heterocycles. The van der Waals surface area contributed by atoms with Gasteiger partial charge in [0.25, 0.3) is 5.91 Å². The van der Waals surface area contributed by atoms with Crippen LogP contribution in [-0.2, 0) is 22.7 Å². The number of hydrogen-bond acceptors (Lipinski definition) is 9. The van der Waals surface area contributed by atoms with Gasteiger partial charge in [0.15, 0.2) is 0 Å². The Kier molecular flexibility index (Phi) is 10.7. The fraction of sp³-hybridized carbons (Fsp3) is 0.452. The molecular weight excluding hydrogens is 623 g/mol. The van der Waals surface area contributed by atoms with Crippen LogP contribution in [0.25, 0.3) is 0 Å². The molecule has 0 radical (unpaired) electrons. The molecule has 0 atom stereocenters. The van der Waals surface area contributed by atoms with Gasteiger partial charge < -0.3 is 25.6 Å². The van der Waals surface area contributed by atoms with Crippen molar-refractivity contribution in [1.29, 1.82) is 0 Å². The number of benzene rings is 2. The van der Waals surface area contributed by atoms with Gasteiger partial charge >= 0.3 is 6.18 Å². The van der Waals surface area contributed by atoms with Gasteiger partial charge in [-0.25, -0.2) is 13.4 Å². The van der Waals surface area contributed by atoms with Crippen molar-refractivity contribution in [3.63, 3.8) is 0 Å². The molecule has 0 unspecified atom stereocenters. The normalized spacial score (nSPS) is 17.0. The van der Waals surface area contributed by atoms with Crippen LogP contribution < -0.4 is 25.0 Å². The van der Waals surface area contributed by atoms with Crippen molar-refractivity contribution in [2.24, 2.45) is 0 Å². The monoisotopic (exact) mass is 663 g/mol. The molecule has 15 heteroatoms. The van der Waals surface area contributed by atoms with E-state index >= 15 is 0 Å². The molecular formula is C31H40F3N7O4S. The predicted octanol–water partition coefficient (Wildman–Crippen LogP) is 5.17. The van der Waals surface area contributed by atoms with Crippen LogP contribution in [0, 0.1) is 6.92 Å². The molecule has 4 rings (SSSR count). The smallest absolute Gasteiger partial charge is 0.421 e. The molecule has 0 bridgehead atoms. The maximum atomic E-state index is 13.9. The Bertz CT molecular complexity index is 1660. The van der Waals surface area contributed by atoms with Gasteiger partial charge in [0.1, 0.15) is 17.1 Å². The lowest BCUT2D eigenvalue weighted by Crippen LogP contribution is -2.41. The Hall–Kier alpha value is -4.11. The van der Waals surface area contributed by atoms with Crippen molar-refractivity contribution in [3.8, 4) is 5.75 Å². The van der Waals surface area contributed by atoms with E-state index < -0.39 is 27.6 Å². The number of sulfonamides is 1. The largest absolute Gasteiger partial charge is 0.495 e. The Morgan fingerprint density at radius 1 is 1.07 bits per heavy atom.